The molecule has 9 nitrogen and oxygen atoms in total. The van der Waals surface area contributed by atoms with Crippen LogP contribution >= 0.6 is 0 Å². The van der Waals surface area contributed by atoms with Crippen LogP contribution in [0.4, 0.5) is 0 Å². The van der Waals surface area contributed by atoms with Gasteiger partial charge in [-0.15, -0.1) is 0 Å². The first-order valence-electron chi connectivity index (χ1n) is 11.5. The van der Waals surface area contributed by atoms with Gasteiger partial charge in [0.15, 0.2) is 6.61 Å². The zero-order chi connectivity index (χ0) is 26.1. The molecule has 0 fully saturated rings. The number of carboxylic acid groups (broad SMARTS) is 1. The number of nitrogens with one attached hydrogen (secondary N) is 2. The number of hydrazone groups is 1. The van der Waals surface area contributed by atoms with E-state index in [1.165, 1.54) is 18.3 Å². The number of para-hydroxylation sites is 1. The van der Waals surface area contributed by atoms with E-state index in [0.717, 1.165) is 5.56 Å². The first-order valence-corrected chi connectivity index (χ1v) is 11.5. The average Bonchev–Trinajstić information content (AvgIpc) is 3.32. The van der Waals surface area contributed by atoms with Gasteiger partial charge in [-0.05, 0) is 55.2 Å². The first kappa shape index (κ1) is 26.2. The number of nitrogens with zero attached hydrogens (tertiary/aromatic N) is 1. The molecule has 3 N–H and O–H groups in total. The quantitative estimate of drug-likeness (QED) is 0.274. The third kappa shape index (κ3) is 7.56. The lowest BCUT2D eigenvalue weighted by atomic mass is 10.0. The molecule has 1 atom stereocenters. The summed E-state index contributed by atoms with van der Waals surface area (Å²) in [7, 11) is 0. The summed E-state index contributed by atoms with van der Waals surface area (Å²) in [5.74, 6) is -0.189. The van der Waals surface area contributed by atoms with Crippen molar-refractivity contribution in [1.29, 1.82) is 0 Å². The molecule has 0 spiro atoms. The van der Waals surface area contributed by atoms with Crippen LogP contribution in [0.25, 0.3) is 11.3 Å². The molecule has 1 heterocycles. The molecule has 0 aliphatic heterocycles. The fourth-order valence-corrected chi connectivity index (χ4v) is 3.39. The lowest BCUT2D eigenvalue weighted by Gasteiger charge is -2.19. The maximum absolute atomic E-state index is 12.7. The standard InChI is InChI=1S/C27H29N3O6/c1-17(2)14-22(29-25(31)16-35-23-7-5-4-6-18(23)3)26(32)30-28-15-21-12-13-24(36-21)19-8-10-20(11-9-19)27(33)34/h4-13,15,17,22H,14,16H2,1-3H3,(H,29,31)(H,30,32)(H,33,34)/b28-15-/t22-/m0/s1. The van der Waals surface area contributed by atoms with E-state index in [-0.39, 0.29) is 18.1 Å². The molecule has 0 aliphatic carbocycles. The van der Waals surface area contributed by atoms with Crippen LogP contribution in [0.15, 0.2) is 70.2 Å². The molecule has 9 heteroatoms. The molecule has 0 saturated carbocycles. The number of aryl methyl sites for hydroxylation is 1. The number of amides is 2. The van der Waals surface area contributed by atoms with Crippen molar-refractivity contribution >= 4 is 24.0 Å². The van der Waals surface area contributed by atoms with E-state index in [9.17, 15) is 14.4 Å². The maximum Gasteiger partial charge on any atom is 0.335 e. The molecule has 0 bridgehead atoms. The van der Waals surface area contributed by atoms with Crippen LogP contribution in [0.2, 0.25) is 0 Å². The number of hydrogen-bond acceptors (Lipinski definition) is 6. The number of rotatable bonds is 11. The lowest BCUT2D eigenvalue weighted by Crippen LogP contribution is -2.47. The molecule has 3 aromatic rings. The Labute approximate surface area is 209 Å². The Morgan fingerprint density at radius 3 is 2.44 bits per heavy atom. The van der Waals surface area contributed by atoms with E-state index < -0.39 is 23.8 Å². The highest BCUT2D eigenvalue weighted by Gasteiger charge is 2.22. The normalized spacial score (nSPS) is 11.9. The van der Waals surface area contributed by atoms with Crippen LogP contribution in [-0.4, -0.2) is 41.8 Å². The number of carbonyl (C=O) groups is 3. The molecule has 0 aliphatic rings. The van der Waals surface area contributed by atoms with E-state index in [2.05, 4.69) is 15.8 Å². The van der Waals surface area contributed by atoms with Crippen molar-refractivity contribution < 1.29 is 28.6 Å². The fraction of sp³-hybridized carbons (Fsp3) is 0.259. The zero-order valence-corrected chi connectivity index (χ0v) is 20.4. The molecule has 2 aromatic carbocycles. The largest absolute Gasteiger partial charge is 0.484 e. The minimum absolute atomic E-state index is 0.155. The summed E-state index contributed by atoms with van der Waals surface area (Å²) < 4.78 is 11.3. The van der Waals surface area contributed by atoms with Gasteiger partial charge in [-0.2, -0.15) is 5.10 Å². The third-order valence-corrected chi connectivity index (χ3v) is 5.22. The molecular weight excluding hydrogens is 462 g/mol. The second kappa shape index (κ2) is 12.3. The highest BCUT2D eigenvalue weighted by atomic mass is 16.5. The summed E-state index contributed by atoms with van der Waals surface area (Å²) in [4.78, 5) is 36.1. The Bertz CT molecular complexity index is 1230. The van der Waals surface area contributed by atoms with Gasteiger partial charge in [0, 0.05) is 5.56 Å². The molecule has 0 saturated heterocycles. The van der Waals surface area contributed by atoms with Gasteiger partial charge in [-0.1, -0.05) is 44.2 Å². The molecule has 0 unspecified atom stereocenters. The highest BCUT2D eigenvalue weighted by molar-refractivity contribution is 5.89. The van der Waals surface area contributed by atoms with Crippen LogP contribution < -0.4 is 15.5 Å². The Balaban J connectivity index is 1.56. The second-order valence-electron chi connectivity index (χ2n) is 8.62. The molecule has 188 valence electrons. The minimum Gasteiger partial charge on any atom is -0.484 e. The minimum atomic E-state index is -1.00. The van der Waals surface area contributed by atoms with Gasteiger partial charge in [-0.3, -0.25) is 9.59 Å². The Kier molecular flexibility index (Phi) is 8.99. The summed E-state index contributed by atoms with van der Waals surface area (Å²) in [5, 5.41) is 15.7. The van der Waals surface area contributed by atoms with Gasteiger partial charge in [0.25, 0.3) is 11.8 Å². The highest BCUT2D eigenvalue weighted by Crippen LogP contribution is 2.22. The number of carbonyl (C=O) groups excluding carboxylic acids is 2. The van der Waals surface area contributed by atoms with Crippen molar-refractivity contribution in [3.05, 3.63) is 77.6 Å². The van der Waals surface area contributed by atoms with Gasteiger partial charge >= 0.3 is 5.97 Å². The van der Waals surface area contributed by atoms with Crippen LogP contribution in [-0.2, 0) is 9.59 Å². The predicted octanol–water partition coefficient (Wildman–Crippen LogP) is 4.01. The maximum atomic E-state index is 12.7. The molecule has 36 heavy (non-hydrogen) atoms. The van der Waals surface area contributed by atoms with E-state index in [1.54, 1.807) is 30.3 Å². The summed E-state index contributed by atoms with van der Waals surface area (Å²) >= 11 is 0. The molecule has 2 amide bonds. The van der Waals surface area contributed by atoms with Gasteiger partial charge in [0.05, 0.1) is 11.8 Å². The van der Waals surface area contributed by atoms with E-state index in [0.29, 0.717) is 29.3 Å². The zero-order valence-electron chi connectivity index (χ0n) is 20.4. The monoisotopic (exact) mass is 491 g/mol. The average molecular weight is 492 g/mol. The van der Waals surface area contributed by atoms with Gasteiger partial charge in [0.1, 0.15) is 23.3 Å². The first-order chi connectivity index (χ1) is 17.2. The number of hydrogen-bond donors (Lipinski definition) is 3. The predicted molar refractivity (Wildman–Crippen MR) is 135 cm³/mol. The summed E-state index contributed by atoms with van der Waals surface area (Å²) in [6.07, 6.45) is 1.78. The smallest absolute Gasteiger partial charge is 0.335 e. The van der Waals surface area contributed by atoms with E-state index >= 15 is 0 Å². The number of aromatic carboxylic acids is 1. The van der Waals surface area contributed by atoms with Crippen molar-refractivity contribution in [2.45, 2.75) is 33.2 Å². The van der Waals surface area contributed by atoms with Crippen molar-refractivity contribution in [3.8, 4) is 17.1 Å². The lowest BCUT2D eigenvalue weighted by molar-refractivity contribution is -0.130. The van der Waals surface area contributed by atoms with Crippen LogP contribution in [0, 0.1) is 12.8 Å². The fourth-order valence-electron chi connectivity index (χ4n) is 3.39. The van der Waals surface area contributed by atoms with Crippen LogP contribution in [0.1, 0.15) is 41.9 Å². The number of benzene rings is 2. The summed E-state index contributed by atoms with van der Waals surface area (Å²) in [5.41, 5.74) is 4.24. The van der Waals surface area contributed by atoms with Crippen LogP contribution in [0.5, 0.6) is 5.75 Å². The van der Waals surface area contributed by atoms with Crippen molar-refractivity contribution in [1.82, 2.24) is 10.7 Å². The SMILES string of the molecule is Cc1ccccc1OCC(=O)N[C@@H](CC(C)C)C(=O)N/N=C\c1ccc(-c2ccc(C(=O)O)cc2)o1. The van der Waals surface area contributed by atoms with Crippen molar-refractivity contribution in [2.24, 2.45) is 11.0 Å². The molecule has 0 radical (unpaired) electrons. The molecule has 3 rings (SSSR count). The summed E-state index contributed by atoms with van der Waals surface area (Å²) in [6, 6.07) is 16.2. The number of furan rings is 1. The Hall–Kier alpha value is -4.40. The van der Waals surface area contributed by atoms with E-state index in [1.807, 2.05) is 39.0 Å². The molecule has 1 aromatic heterocycles. The van der Waals surface area contributed by atoms with Crippen molar-refractivity contribution in [3.63, 3.8) is 0 Å². The third-order valence-electron chi connectivity index (χ3n) is 5.22. The Morgan fingerprint density at radius 1 is 1.06 bits per heavy atom. The van der Waals surface area contributed by atoms with Gasteiger partial charge in [-0.25, -0.2) is 10.2 Å². The molecular formula is C27H29N3O6. The number of carboxylic acids is 1. The van der Waals surface area contributed by atoms with Gasteiger partial charge < -0.3 is 19.6 Å². The second-order valence-corrected chi connectivity index (χ2v) is 8.62. The number of ether oxygens (including phenoxy) is 1. The summed E-state index contributed by atoms with van der Waals surface area (Å²) in [6.45, 7) is 5.58. The van der Waals surface area contributed by atoms with E-state index in [4.69, 9.17) is 14.3 Å². The Morgan fingerprint density at radius 2 is 1.78 bits per heavy atom. The topological polar surface area (TPSA) is 130 Å². The van der Waals surface area contributed by atoms with Crippen molar-refractivity contribution in [2.75, 3.05) is 6.61 Å². The van der Waals surface area contributed by atoms with Crippen LogP contribution in [0.3, 0.4) is 0 Å². The van der Waals surface area contributed by atoms with Gasteiger partial charge in [0.2, 0.25) is 0 Å².